The largest absolute Gasteiger partial charge is 0.346 e. The summed E-state index contributed by atoms with van der Waals surface area (Å²) in [6.45, 7) is 5.50. The second-order valence-electron chi connectivity index (χ2n) is 6.97. The summed E-state index contributed by atoms with van der Waals surface area (Å²) in [6, 6.07) is 5.47. The monoisotopic (exact) mass is 389 g/mol. The average Bonchev–Trinajstić information content (AvgIpc) is 3.04. The maximum Gasteiger partial charge on any atom is 0.143 e. The van der Waals surface area contributed by atoms with E-state index >= 15 is 0 Å². The number of piperidine rings is 1. The lowest BCUT2D eigenvalue weighted by Crippen LogP contribution is -2.32. The molecule has 0 atom stereocenters. The summed E-state index contributed by atoms with van der Waals surface area (Å²) in [5.41, 5.74) is 2.89. The second kappa shape index (κ2) is 7.43. The van der Waals surface area contributed by atoms with Gasteiger partial charge in [0.2, 0.25) is 0 Å². The predicted octanol–water partition coefficient (Wildman–Crippen LogP) is 5.24. The maximum atomic E-state index is 6.13. The SMILES string of the molecule is CC1CCN(Cc2c[nH]c3ncnc(Nc4ccc(Cl)c(Cl)c4)c23)CC1. The fourth-order valence-corrected chi connectivity index (χ4v) is 3.72. The van der Waals surface area contributed by atoms with Crippen molar-refractivity contribution < 1.29 is 0 Å². The Morgan fingerprint density at radius 2 is 2.00 bits per heavy atom. The molecule has 0 radical (unpaired) electrons. The van der Waals surface area contributed by atoms with E-state index in [-0.39, 0.29) is 0 Å². The van der Waals surface area contributed by atoms with Crippen LogP contribution in [-0.2, 0) is 6.54 Å². The number of halogens is 2. The zero-order valence-corrected chi connectivity index (χ0v) is 16.1. The molecule has 0 spiro atoms. The number of likely N-dealkylation sites (tertiary alicyclic amines) is 1. The number of hydrogen-bond acceptors (Lipinski definition) is 4. The van der Waals surface area contributed by atoms with Crippen molar-refractivity contribution in [2.24, 2.45) is 5.92 Å². The molecule has 1 saturated heterocycles. The van der Waals surface area contributed by atoms with E-state index in [2.05, 4.69) is 32.1 Å². The summed E-state index contributed by atoms with van der Waals surface area (Å²) in [4.78, 5) is 14.6. The van der Waals surface area contributed by atoms with Crippen LogP contribution in [0.3, 0.4) is 0 Å². The minimum atomic E-state index is 0.513. The van der Waals surface area contributed by atoms with Gasteiger partial charge in [-0.2, -0.15) is 0 Å². The first-order chi connectivity index (χ1) is 12.6. The van der Waals surface area contributed by atoms with Gasteiger partial charge in [-0.1, -0.05) is 30.1 Å². The van der Waals surface area contributed by atoms with Crippen LogP contribution in [0.15, 0.2) is 30.7 Å². The Morgan fingerprint density at radius 3 is 2.77 bits per heavy atom. The van der Waals surface area contributed by atoms with E-state index < -0.39 is 0 Å². The molecule has 3 aromatic rings. The van der Waals surface area contributed by atoms with Crippen molar-refractivity contribution in [3.8, 4) is 0 Å². The summed E-state index contributed by atoms with van der Waals surface area (Å²) in [7, 11) is 0. The van der Waals surface area contributed by atoms with Crippen LogP contribution in [0.5, 0.6) is 0 Å². The number of hydrogen-bond donors (Lipinski definition) is 2. The molecule has 0 saturated carbocycles. The molecule has 0 unspecified atom stereocenters. The van der Waals surface area contributed by atoms with Crippen molar-refractivity contribution in [3.05, 3.63) is 46.3 Å². The molecule has 5 nitrogen and oxygen atoms in total. The smallest absolute Gasteiger partial charge is 0.143 e. The number of fused-ring (bicyclic) bond motifs is 1. The van der Waals surface area contributed by atoms with Crippen LogP contribution < -0.4 is 5.32 Å². The molecule has 7 heteroatoms. The van der Waals surface area contributed by atoms with Crippen LogP contribution in [0.1, 0.15) is 25.3 Å². The lowest BCUT2D eigenvalue weighted by molar-refractivity contribution is 0.186. The van der Waals surface area contributed by atoms with E-state index in [1.807, 2.05) is 12.3 Å². The average molecular weight is 390 g/mol. The highest BCUT2D eigenvalue weighted by molar-refractivity contribution is 6.42. The fraction of sp³-hybridized carbons (Fsp3) is 0.368. The number of nitrogens with zero attached hydrogens (tertiary/aromatic N) is 3. The molecule has 3 heterocycles. The van der Waals surface area contributed by atoms with Gasteiger partial charge >= 0.3 is 0 Å². The predicted molar refractivity (Wildman–Crippen MR) is 107 cm³/mol. The number of anilines is 2. The minimum Gasteiger partial charge on any atom is -0.346 e. The summed E-state index contributed by atoms with van der Waals surface area (Å²) < 4.78 is 0. The normalized spacial score (nSPS) is 16.3. The number of aromatic amines is 1. The summed E-state index contributed by atoms with van der Waals surface area (Å²) >= 11 is 12.1. The Labute approximate surface area is 162 Å². The van der Waals surface area contributed by atoms with E-state index in [1.165, 1.54) is 18.4 Å². The highest BCUT2D eigenvalue weighted by Gasteiger charge is 2.19. The molecular weight excluding hydrogens is 369 g/mol. The lowest BCUT2D eigenvalue weighted by atomic mass is 9.99. The van der Waals surface area contributed by atoms with Gasteiger partial charge in [0.15, 0.2) is 0 Å². The molecule has 2 N–H and O–H groups in total. The molecule has 136 valence electrons. The highest BCUT2D eigenvalue weighted by Crippen LogP contribution is 2.30. The van der Waals surface area contributed by atoms with Crippen molar-refractivity contribution in [1.29, 1.82) is 0 Å². The molecule has 1 aromatic carbocycles. The number of H-pyrrole nitrogens is 1. The van der Waals surface area contributed by atoms with Crippen LogP contribution in [0.25, 0.3) is 11.0 Å². The molecule has 1 aliphatic rings. The van der Waals surface area contributed by atoms with Crippen molar-refractivity contribution in [1.82, 2.24) is 19.9 Å². The Kier molecular flexibility index (Phi) is 5.02. The molecule has 0 amide bonds. The zero-order chi connectivity index (χ0) is 18.1. The van der Waals surface area contributed by atoms with Crippen LogP contribution in [0.4, 0.5) is 11.5 Å². The van der Waals surface area contributed by atoms with Crippen molar-refractivity contribution >= 4 is 45.7 Å². The molecule has 26 heavy (non-hydrogen) atoms. The van der Waals surface area contributed by atoms with E-state index in [4.69, 9.17) is 23.2 Å². The van der Waals surface area contributed by atoms with Gasteiger partial charge in [0, 0.05) is 18.4 Å². The van der Waals surface area contributed by atoms with Crippen LogP contribution >= 0.6 is 23.2 Å². The standard InChI is InChI=1S/C19H21Cl2N5/c1-12-4-6-26(7-5-12)10-13-9-22-18-17(13)19(24-11-23-18)25-14-2-3-15(20)16(21)8-14/h2-3,8-9,11-12H,4-7,10H2,1H3,(H2,22,23,24,25). The van der Waals surface area contributed by atoms with Crippen LogP contribution in [-0.4, -0.2) is 32.9 Å². The first-order valence-corrected chi connectivity index (χ1v) is 9.61. The zero-order valence-electron chi connectivity index (χ0n) is 14.6. The third-order valence-corrected chi connectivity index (χ3v) is 5.74. The maximum absolute atomic E-state index is 6.13. The van der Waals surface area contributed by atoms with Crippen molar-refractivity contribution in [2.45, 2.75) is 26.3 Å². The van der Waals surface area contributed by atoms with E-state index in [0.29, 0.717) is 10.0 Å². The topological polar surface area (TPSA) is 56.8 Å². The molecule has 1 fully saturated rings. The number of rotatable bonds is 4. The Morgan fingerprint density at radius 1 is 1.19 bits per heavy atom. The molecular formula is C19H21Cl2N5. The van der Waals surface area contributed by atoms with Gasteiger partial charge in [0.25, 0.3) is 0 Å². The van der Waals surface area contributed by atoms with Crippen molar-refractivity contribution in [3.63, 3.8) is 0 Å². The number of aromatic nitrogens is 3. The van der Waals surface area contributed by atoms with E-state index in [0.717, 1.165) is 48.1 Å². The highest BCUT2D eigenvalue weighted by atomic mass is 35.5. The van der Waals surface area contributed by atoms with Crippen LogP contribution in [0.2, 0.25) is 10.0 Å². The molecule has 2 aromatic heterocycles. The van der Waals surface area contributed by atoms with Gasteiger partial charge in [0.05, 0.1) is 15.4 Å². The first kappa shape index (κ1) is 17.6. The van der Waals surface area contributed by atoms with Gasteiger partial charge in [-0.15, -0.1) is 0 Å². The van der Waals surface area contributed by atoms with Gasteiger partial charge in [-0.3, -0.25) is 4.90 Å². The summed E-state index contributed by atoms with van der Waals surface area (Å²) in [5.74, 6) is 1.60. The number of benzene rings is 1. The van der Waals surface area contributed by atoms with Gasteiger partial charge in [-0.05, 0) is 55.6 Å². The van der Waals surface area contributed by atoms with Gasteiger partial charge < -0.3 is 10.3 Å². The van der Waals surface area contributed by atoms with Gasteiger partial charge in [0.1, 0.15) is 17.8 Å². The second-order valence-corrected chi connectivity index (χ2v) is 7.79. The molecule has 1 aliphatic heterocycles. The van der Waals surface area contributed by atoms with Crippen LogP contribution in [0, 0.1) is 5.92 Å². The Hall–Kier alpha value is -1.82. The summed E-state index contributed by atoms with van der Waals surface area (Å²) in [5, 5.41) is 5.42. The van der Waals surface area contributed by atoms with E-state index in [1.54, 1.807) is 18.5 Å². The number of nitrogens with one attached hydrogen (secondary N) is 2. The van der Waals surface area contributed by atoms with E-state index in [9.17, 15) is 0 Å². The fourth-order valence-electron chi connectivity index (χ4n) is 3.42. The minimum absolute atomic E-state index is 0.513. The Bertz CT molecular complexity index is 915. The van der Waals surface area contributed by atoms with Crippen molar-refractivity contribution in [2.75, 3.05) is 18.4 Å². The molecule has 0 aliphatic carbocycles. The quantitative estimate of drug-likeness (QED) is 0.640. The third kappa shape index (κ3) is 3.65. The lowest BCUT2D eigenvalue weighted by Gasteiger charge is -2.30. The summed E-state index contributed by atoms with van der Waals surface area (Å²) in [6.07, 6.45) is 6.11. The van der Waals surface area contributed by atoms with Gasteiger partial charge in [-0.25, -0.2) is 9.97 Å². The Balaban J connectivity index is 1.62. The third-order valence-electron chi connectivity index (χ3n) is 5.00. The molecule has 0 bridgehead atoms. The first-order valence-electron chi connectivity index (χ1n) is 8.85. The molecule has 4 rings (SSSR count).